The Morgan fingerprint density at radius 3 is 2.57 bits per heavy atom. The number of fused-ring (bicyclic) bond motifs is 1. The Balaban J connectivity index is 2.27. The second-order valence-corrected chi connectivity index (χ2v) is 5.58. The fraction of sp³-hybridized carbons (Fsp3) is 0.375. The van der Waals surface area contributed by atoms with E-state index >= 15 is 0 Å². The molecule has 2 aromatic rings. The number of likely N-dealkylation sites (N-methyl/N-ethyl adjacent to an activating group) is 1. The van der Waals surface area contributed by atoms with Crippen molar-refractivity contribution in [3.63, 3.8) is 0 Å². The number of amides is 1. The van der Waals surface area contributed by atoms with Crippen LogP contribution in [-0.4, -0.2) is 43.4 Å². The maximum Gasteiger partial charge on any atom is 0.292 e. The highest BCUT2D eigenvalue weighted by Gasteiger charge is 2.23. The van der Waals surface area contributed by atoms with Gasteiger partial charge in [0.2, 0.25) is 0 Å². The van der Waals surface area contributed by atoms with E-state index in [1.54, 1.807) is 0 Å². The first-order chi connectivity index (χ1) is 9.93. The van der Waals surface area contributed by atoms with Gasteiger partial charge in [-0.2, -0.15) is 0 Å². The van der Waals surface area contributed by atoms with E-state index in [1.165, 1.54) is 4.90 Å². The third-order valence-electron chi connectivity index (χ3n) is 3.74. The van der Waals surface area contributed by atoms with Crippen molar-refractivity contribution in [3.05, 3.63) is 35.5 Å². The van der Waals surface area contributed by atoms with Crippen molar-refractivity contribution < 1.29 is 14.5 Å². The highest BCUT2D eigenvalue weighted by atomic mass is 16.2. The zero-order valence-corrected chi connectivity index (χ0v) is 13.0. The minimum Gasteiger partial charge on any atom is -0.347 e. The van der Waals surface area contributed by atoms with E-state index in [0.29, 0.717) is 12.1 Å². The Hall–Kier alpha value is -2.14. The summed E-state index contributed by atoms with van der Waals surface area (Å²) in [6.45, 7) is 3.15. The molecule has 1 aromatic heterocycles. The molecule has 1 amide bonds. The summed E-state index contributed by atoms with van der Waals surface area (Å²) >= 11 is 0. The summed E-state index contributed by atoms with van der Waals surface area (Å²) < 4.78 is 1.94. The second-order valence-electron chi connectivity index (χ2n) is 5.58. The van der Waals surface area contributed by atoms with Crippen LogP contribution in [0.2, 0.25) is 0 Å². The van der Waals surface area contributed by atoms with E-state index in [9.17, 15) is 9.59 Å². The summed E-state index contributed by atoms with van der Waals surface area (Å²) in [4.78, 5) is 25.7. The van der Waals surface area contributed by atoms with Crippen molar-refractivity contribution in [2.75, 3.05) is 27.2 Å². The predicted molar refractivity (Wildman–Crippen MR) is 82.7 cm³/mol. The van der Waals surface area contributed by atoms with Gasteiger partial charge in [0.25, 0.3) is 11.7 Å². The number of carbonyl (C=O) groups is 2. The fourth-order valence-electron chi connectivity index (χ4n) is 2.43. The highest BCUT2D eigenvalue weighted by Crippen LogP contribution is 2.25. The van der Waals surface area contributed by atoms with Crippen molar-refractivity contribution in [3.8, 4) is 0 Å². The Bertz CT molecular complexity index is 686. The fourth-order valence-corrected chi connectivity index (χ4v) is 2.43. The third-order valence-corrected chi connectivity index (χ3v) is 3.74. The molecule has 0 fully saturated rings. The average molecular weight is 288 g/mol. The molecule has 5 heteroatoms. The molecule has 5 nitrogen and oxygen atoms in total. The number of benzene rings is 1. The zero-order valence-electron chi connectivity index (χ0n) is 13.0. The van der Waals surface area contributed by atoms with Crippen LogP contribution in [0.1, 0.15) is 16.1 Å². The topological polar surface area (TPSA) is 55.5 Å². The second kappa shape index (κ2) is 6.10. The van der Waals surface area contributed by atoms with Gasteiger partial charge in [0.15, 0.2) is 0 Å². The Kier molecular flexibility index (Phi) is 4.43. The smallest absolute Gasteiger partial charge is 0.292 e. The first-order valence-corrected chi connectivity index (χ1v) is 7.09. The predicted octanol–water partition coefficient (Wildman–Crippen LogP) is -0.0699. The van der Waals surface area contributed by atoms with Crippen LogP contribution in [0.5, 0.6) is 0 Å². The molecule has 2 rings (SSSR count). The summed E-state index contributed by atoms with van der Waals surface area (Å²) in [5, 5.41) is 3.52. The number of quaternary nitrogens is 1. The van der Waals surface area contributed by atoms with Crippen LogP contribution in [0.25, 0.3) is 10.9 Å². The summed E-state index contributed by atoms with van der Waals surface area (Å²) in [5.41, 5.74) is 2.28. The molecule has 0 aliphatic carbocycles. The lowest BCUT2D eigenvalue weighted by atomic mass is 10.1. The van der Waals surface area contributed by atoms with Gasteiger partial charge in [-0.25, -0.2) is 0 Å². The minimum absolute atomic E-state index is 0.460. The first-order valence-electron chi connectivity index (χ1n) is 7.09. The molecular formula is C16H22N3O2+. The van der Waals surface area contributed by atoms with Gasteiger partial charge in [0.05, 0.1) is 32.7 Å². The number of aromatic nitrogens is 1. The van der Waals surface area contributed by atoms with Crippen LogP contribution in [0.15, 0.2) is 24.3 Å². The van der Waals surface area contributed by atoms with Crippen molar-refractivity contribution in [2.45, 2.75) is 6.92 Å². The Morgan fingerprint density at radius 1 is 1.24 bits per heavy atom. The average Bonchev–Trinajstić information content (AvgIpc) is 2.70. The number of nitrogens with zero attached hydrogens (tertiary/aromatic N) is 1. The number of rotatable bonds is 5. The lowest BCUT2D eigenvalue weighted by Crippen LogP contribution is -3.06. The van der Waals surface area contributed by atoms with Crippen LogP contribution in [0, 0.1) is 6.92 Å². The maximum atomic E-state index is 12.4. The van der Waals surface area contributed by atoms with Gasteiger partial charge in [0, 0.05) is 23.6 Å². The van der Waals surface area contributed by atoms with Gasteiger partial charge in [-0.15, -0.1) is 0 Å². The van der Waals surface area contributed by atoms with E-state index in [1.807, 2.05) is 56.9 Å². The number of aryl methyl sites for hydroxylation is 1. The zero-order chi connectivity index (χ0) is 15.6. The number of Topliss-reactive ketones (excluding diaryl/α,β-unsaturated/α-hetero) is 1. The molecular weight excluding hydrogens is 266 g/mol. The van der Waals surface area contributed by atoms with Gasteiger partial charge in [-0.3, -0.25) is 9.59 Å². The van der Waals surface area contributed by atoms with E-state index in [-0.39, 0.29) is 0 Å². The molecule has 0 bridgehead atoms. The van der Waals surface area contributed by atoms with E-state index in [2.05, 4.69) is 5.32 Å². The number of carbonyl (C=O) groups excluding carboxylic acids is 2. The number of nitrogens with one attached hydrogen (secondary N) is 2. The van der Waals surface area contributed by atoms with E-state index in [0.717, 1.165) is 23.1 Å². The standard InChI is InChI=1S/C16H21N3O2/c1-11-14(12-7-5-6-8-13(12)19(11)4)15(20)16(21)17-9-10-18(2)3/h5-8H,9-10H2,1-4H3,(H,17,21)/p+1. The van der Waals surface area contributed by atoms with Crippen LogP contribution >= 0.6 is 0 Å². The maximum absolute atomic E-state index is 12.4. The lowest BCUT2D eigenvalue weighted by molar-refractivity contribution is -0.856. The summed E-state index contributed by atoms with van der Waals surface area (Å²) in [6, 6.07) is 7.64. The van der Waals surface area contributed by atoms with Crippen LogP contribution < -0.4 is 10.2 Å². The Morgan fingerprint density at radius 2 is 1.90 bits per heavy atom. The SMILES string of the molecule is Cc1c(C(=O)C(=O)NCC[NH+](C)C)c2ccccc2n1C. The molecule has 0 spiro atoms. The minimum atomic E-state index is -0.532. The van der Waals surface area contributed by atoms with Gasteiger partial charge in [0.1, 0.15) is 0 Å². The Labute approximate surface area is 124 Å². The van der Waals surface area contributed by atoms with Gasteiger partial charge >= 0.3 is 0 Å². The highest BCUT2D eigenvalue weighted by molar-refractivity contribution is 6.45. The van der Waals surface area contributed by atoms with Crippen LogP contribution in [-0.2, 0) is 11.8 Å². The molecule has 0 unspecified atom stereocenters. The quantitative estimate of drug-likeness (QED) is 0.598. The molecule has 0 aliphatic heterocycles. The normalized spacial score (nSPS) is 11.1. The molecule has 0 atom stereocenters. The van der Waals surface area contributed by atoms with Gasteiger partial charge in [-0.1, -0.05) is 18.2 Å². The van der Waals surface area contributed by atoms with Crippen molar-refractivity contribution in [1.82, 2.24) is 9.88 Å². The number of hydrogen-bond donors (Lipinski definition) is 2. The molecule has 112 valence electrons. The lowest BCUT2D eigenvalue weighted by Gasteiger charge is -2.08. The third kappa shape index (κ3) is 2.97. The molecule has 0 radical (unpaired) electrons. The first kappa shape index (κ1) is 15.3. The molecule has 1 heterocycles. The molecule has 0 saturated carbocycles. The summed E-state index contributed by atoms with van der Waals surface area (Å²) in [6.07, 6.45) is 0. The molecule has 2 N–H and O–H groups in total. The summed E-state index contributed by atoms with van der Waals surface area (Å²) in [5.74, 6) is -0.992. The number of ketones is 1. The monoisotopic (exact) mass is 288 g/mol. The molecule has 0 saturated heterocycles. The van der Waals surface area contributed by atoms with Crippen LogP contribution in [0.4, 0.5) is 0 Å². The molecule has 0 aliphatic rings. The molecule has 1 aromatic carbocycles. The number of hydrogen-bond acceptors (Lipinski definition) is 2. The van der Waals surface area contributed by atoms with Gasteiger partial charge < -0.3 is 14.8 Å². The molecule has 21 heavy (non-hydrogen) atoms. The largest absolute Gasteiger partial charge is 0.347 e. The summed E-state index contributed by atoms with van der Waals surface area (Å²) in [7, 11) is 5.91. The van der Waals surface area contributed by atoms with E-state index in [4.69, 9.17) is 0 Å². The van der Waals surface area contributed by atoms with Crippen molar-refractivity contribution >= 4 is 22.6 Å². The van der Waals surface area contributed by atoms with Crippen molar-refractivity contribution in [2.24, 2.45) is 7.05 Å². The van der Waals surface area contributed by atoms with Crippen molar-refractivity contribution in [1.29, 1.82) is 0 Å². The van der Waals surface area contributed by atoms with E-state index < -0.39 is 11.7 Å². The van der Waals surface area contributed by atoms with Crippen LogP contribution in [0.3, 0.4) is 0 Å². The van der Waals surface area contributed by atoms with Gasteiger partial charge in [-0.05, 0) is 13.0 Å². The number of para-hydroxylation sites is 1.